The normalized spacial score (nSPS) is 10.1. The Bertz CT molecular complexity index is 438. The first-order chi connectivity index (χ1) is 7.90. The zero-order chi connectivity index (χ0) is 13.4. The first-order valence-corrected chi connectivity index (χ1v) is 4.52. The van der Waals surface area contributed by atoms with Gasteiger partial charge in [-0.2, -0.15) is 0 Å². The summed E-state index contributed by atoms with van der Waals surface area (Å²) < 4.78 is 0. The van der Waals surface area contributed by atoms with Gasteiger partial charge in [-0.15, -0.1) is 0 Å². The molecular weight excluding hydrogens is 228 g/mol. The first kappa shape index (κ1) is 14.6. The van der Waals surface area contributed by atoms with E-state index in [-0.39, 0.29) is 11.4 Å². The Morgan fingerprint density at radius 2 is 1.82 bits per heavy atom. The van der Waals surface area contributed by atoms with E-state index < -0.39 is 10.9 Å². The summed E-state index contributed by atoms with van der Waals surface area (Å²) in [6, 6.07) is 6.11. The van der Waals surface area contributed by atoms with Crippen LogP contribution < -0.4 is 0 Å². The van der Waals surface area contributed by atoms with Gasteiger partial charge in [-0.1, -0.05) is 17.3 Å². The molecule has 1 aromatic carbocycles. The smallest absolute Gasteiger partial charge is 0.300 e. The Morgan fingerprint density at radius 3 is 2.24 bits per heavy atom. The van der Waals surface area contributed by atoms with E-state index in [2.05, 4.69) is 5.16 Å². The van der Waals surface area contributed by atoms with Gasteiger partial charge in [0.15, 0.2) is 0 Å². The van der Waals surface area contributed by atoms with Crippen LogP contribution in [0.2, 0.25) is 0 Å². The van der Waals surface area contributed by atoms with Gasteiger partial charge in [-0.05, 0) is 13.0 Å². The predicted molar refractivity (Wildman–Crippen MR) is 60.4 cm³/mol. The molecule has 7 nitrogen and oxygen atoms in total. The minimum Gasteiger partial charge on any atom is -0.481 e. The highest BCUT2D eigenvalue weighted by Crippen LogP contribution is 2.17. The summed E-state index contributed by atoms with van der Waals surface area (Å²) >= 11 is 0. The Morgan fingerprint density at radius 1 is 1.35 bits per heavy atom. The molecule has 0 heterocycles. The minimum absolute atomic E-state index is 0.0576. The van der Waals surface area contributed by atoms with Crippen LogP contribution in [-0.4, -0.2) is 26.9 Å². The van der Waals surface area contributed by atoms with Crippen LogP contribution in [-0.2, 0) is 4.79 Å². The molecule has 0 saturated carbocycles. The number of rotatable bonds is 2. The lowest BCUT2D eigenvalue weighted by Gasteiger charge is -1.98. The van der Waals surface area contributed by atoms with Crippen LogP contribution >= 0.6 is 0 Å². The van der Waals surface area contributed by atoms with Crippen molar-refractivity contribution in [3.8, 4) is 0 Å². The Labute approximate surface area is 97.1 Å². The number of oxime groups is 1. The lowest BCUT2D eigenvalue weighted by molar-refractivity contribution is -0.385. The fourth-order valence-electron chi connectivity index (χ4n) is 0.993. The molecule has 0 amide bonds. The van der Waals surface area contributed by atoms with Crippen molar-refractivity contribution in [3.63, 3.8) is 0 Å². The van der Waals surface area contributed by atoms with Gasteiger partial charge in [0.1, 0.15) is 0 Å². The van der Waals surface area contributed by atoms with Gasteiger partial charge in [-0.3, -0.25) is 14.9 Å². The van der Waals surface area contributed by atoms with Gasteiger partial charge in [0, 0.05) is 13.0 Å². The third-order valence-corrected chi connectivity index (χ3v) is 1.64. The highest BCUT2D eigenvalue weighted by atomic mass is 16.6. The Balaban J connectivity index is 0.000000557. The third kappa shape index (κ3) is 5.26. The summed E-state index contributed by atoms with van der Waals surface area (Å²) in [6.07, 6.45) is 0. The van der Waals surface area contributed by atoms with Gasteiger partial charge in [-0.25, -0.2) is 0 Å². The molecule has 0 atom stereocenters. The molecule has 0 aromatic heterocycles. The summed E-state index contributed by atoms with van der Waals surface area (Å²) in [6.45, 7) is 2.59. The van der Waals surface area contributed by atoms with E-state index in [1.807, 2.05) is 0 Å². The molecule has 0 radical (unpaired) electrons. The van der Waals surface area contributed by atoms with E-state index in [0.29, 0.717) is 5.56 Å². The Hall–Kier alpha value is -2.44. The van der Waals surface area contributed by atoms with Gasteiger partial charge >= 0.3 is 0 Å². The van der Waals surface area contributed by atoms with E-state index in [1.54, 1.807) is 12.1 Å². The van der Waals surface area contributed by atoms with Crippen molar-refractivity contribution in [1.82, 2.24) is 0 Å². The van der Waals surface area contributed by atoms with Crippen LogP contribution in [0, 0.1) is 10.1 Å². The molecule has 0 aliphatic carbocycles. The van der Waals surface area contributed by atoms with E-state index in [1.165, 1.54) is 19.1 Å². The Kier molecular flexibility index (Phi) is 5.94. The molecule has 0 unspecified atom stereocenters. The number of hydrogen-bond acceptors (Lipinski definition) is 5. The topological polar surface area (TPSA) is 113 Å². The van der Waals surface area contributed by atoms with E-state index >= 15 is 0 Å². The molecule has 0 bridgehead atoms. The number of benzene rings is 1. The van der Waals surface area contributed by atoms with Crippen molar-refractivity contribution in [2.24, 2.45) is 5.16 Å². The van der Waals surface area contributed by atoms with Crippen LogP contribution in [0.15, 0.2) is 29.4 Å². The molecule has 92 valence electrons. The van der Waals surface area contributed by atoms with Crippen molar-refractivity contribution in [2.75, 3.05) is 0 Å². The summed E-state index contributed by atoms with van der Waals surface area (Å²) in [5.74, 6) is -0.833. The largest absolute Gasteiger partial charge is 0.481 e. The molecule has 0 spiro atoms. The van der Waals surface area contributed by atoms with Crippen molar-refractivity contribution >= 4 is 17.4 Å². The number of para-hydroxylation sites is 1. The van der Waals surface area contributed by atoms with Gasteiger partial charge in [0.05, 0.1) is 16.2 Å². The summed E-state index contributed by atoms with van der Waals surface area (Å²) in [5.41, 5.74) is 0.500. The van der Waals surface area contributed by atoms with Crippen molar-refractivity contribution in [3.05, 3.63) is 39.9 Å². The molecule has 0 fully saturated rings. The standard InChI is InChI=1S/C8H8N2O3.C2H4O2/c1-6(9-11)7-4-2-3-5-8(7)10(12)13;1-2(3)4/h2-5,11H,1H3;1H3,(H,3,4). The average molecular weight is 240 g/mol. The second-order valence-corrected chi connectivity index (χ2v) is 2.98. The average Bonchev–Trinajstić information content (AvgIpc) is 2.27. The monoisotopic (exact) mass is 240 g/mol. The van der Waals surface area contributed by atoms with Gasteiger partial charge in [0.25, 0.3) is 11.7 Å². The number of carboxylic acids is 1. The number of nitrogens with zero attached hydrogens (tertiary/aromatic N) is 2. The molecule has 7 heteroatoms. The summed E-state index contributed by atoms with van der Waals surface area (Å²) in [4.78, 5) is 19.0. The molecule has 0 aliphatic heterocycles. The van der Waals surface area contributed by atoms with E-state index in [9.17, 15) is 10.1 Å². The number of nitro benzene ring substituents is 1. The van der Waals surface area contributed by atoms with Crippen molar-refractivity contribution in [1.29, 1.82) is 0 Å². The van der Waals surface area contributed by atoms with Crippen LogP contribution in [0.25, 0.3) is 0 Å². The highest BCUT2D eigenvalue weighted by Gasteiger charge is 2.14. The zero-order valence-corrected chi connectivity index (χ0v) is 9.32. The minimum atomic E-state index is -0.833. The van der Waals surface area contributed by atoms with Crippen LogP contribution in [0.4, 0.5) is 5.69 Å². The zero-order valence-electron chi connectivity index (χ0n) is 9.32. The number of carbonyl (C=O) groups is 1. The SMILES string of the molecule is CC(=NO)c1ccccc1[N+](=O)[O-].CC(=O)O. The first-order valence-electron chi connectivity index (χ1n) is 4.52. The molecular formula is C10H12N2O5. The van der Waals surface area contributed by atoms with E-state index in [0.717, 1.165) is 6.92 Å². The fraction of sp³-hybridized carbons (Fsp3) is 0.200. The van der Waals surface area contributed by atoms with E-state index in [4.69, 9.17) is 15.1 Å². The highest BCUT2D eigenvalue weighted by molar-refractivity contribution is 6.01. The number of aliphatic carboxylic acids is 1. The fourth-order valence-corrected chi connectivity index (χ4v) is 0.993. The summed E-state index contributed by atoms with van der Waals surface area (Å²) in [5, 5.41) is 29.3. The van der Waals surface area contributed by atoms with Gasteiger partial charge < -0.3 is 10.3 Å². The molecule has 2 N–H and O–H groups in total. The maximum absolute atomic E-state index is 10.5. The van der Waals surface area contributed by atoms with Crippen LogP contribution in [0.3, 0.4) is 0 Å². The predicted octanol–water partition coefficient (Wildman–Crippen LogP) is 1.88. The third-order valence-electron chi connectivity index (χ3n) is 1.64. The number of nitro groups is 1. The second kappa shape index (κ2) is 6.94. The molecule has 1 rings (SSSR count). The van der Waals surface area contributed by atoms with Gasteiger partial charge in [0.2, 0.25) is 0 Å². The molecule has 1 aromatic rings. The molecule has 0 aliphatic rings. The van der Waals surface area contributed by atoms with Crippen LogP contribution in [0.5, 0.6) is 0 Å². The maximum atomic E-state index is 10.5. The second-order valence-electron chi connectivity index (χ2n) is 2.98. The number of carboxylic acid groups (broad SMARTS) is 1. The maximum Gasteiger partial charge on any atom is 0.300 e. The quantitative estimate of drug-likeness (QED) is 0.354. The molecule has 0 saturated heterocycles. The molecule has 17 heavy (non-hydrogen) atoms. The van der Waals surface area contributed by atoms with Crippen molar-refractivity contribution < 1.29 is 20.0 Å². The van der Waals surface area contributed by atoms with Crippen LogP contribution in [0.1, 0.15) is 19.4 Å². The number of hydrogen-bond donors (Lipinski definition) is 2. The lowest BCUT2D eigenvalue weighted by Crippen LogP contribution is -2.00. The van der Waals surface area contributed by atoms with Crippen molar-refractivity contribution in [2.45, 2.75) is 13.8 Å². The summed E-state index contributed by atoms with van der Waals surface area (Å²) in [7, 11) is 0. The lowest BCUT2D eigenvalue weighted by atomic mass is 10.1.